The van der Waals surface area contributed by atoms with Crippen LogP contribution in [0.5, 0.6) is 23.0 Å². The molecule has 0 fully saturated rings. The number of hydrogen-bond acceptors (Lipinski definition) is 7. The van der Waals surface area contributed by atoms with Gasteiger partial charge in [-0.3, -0.25) is 0 Å². The van der Waals surface area contributed by atoms with Gasteiger partial charge in [0.25, 0.3) is 0 Å². The lowest BCUT2D eigenvalue weighted by atomic mass is 10.0. The van der Waals surface area contributed by atoms with Gasteiger partial charge in [-0.1, -0.05) is 32.0 Å². The van der Waals surface area contributed by atoms with Gasteiger partial charge in [-0.05, 0) is 54.8 Å². The van der Waals surface area contributed by atoms with Crippen LogP contribution in [-0.2, 0) is 12.8 Å². The highest BCUT2D eigenvalue weighted by Gasteiger charge is 2.11. The Morgan fingerprint density at radius 2 is 1.52 bits per heavy atom. The molecule has 0 atom stereocenters. The molecule has 2 aromatic carbocycles. The smallest absolute Gasteiger partial charge is 0.164 e. The summed E-state index contributed by atoms with van der Waals surface area (Å²) in [6.45, 7) is 6.71. The van der Waals surface area contributed by atoms with Crippen molar-refractivity contribution in [3.05, 3.63) is 66.0 Å². The van der Waals surface area contributed by atoms with E-state index in [0.29, 0.717) is 18.1 Å². The van der Waals surface area contributed by atoms with E-state index < -0.39 is 0 Å². The molecule has 7 heteroatoms. The summed E-state index contributed by atoms with van der Waals surface area (Å²) in [6, 6.07) is 12.2. The minimum Gasteiger partial charge on any atom is -0.504 e. The fourth-order valence-electron chi connectivity index (χ4n) is 2.52. The molecule has 0 saturated carbocycles. The van der Waals surface area contributed by atoms with E-state index in [2.05, 4.69) is 29.3 Å². The average molecular weight is 399 g/mol. The molecule has 1 heterocycles. The molecule has 0 aliphatic rings. The second kappa shape index (κ2) is 13.8. The minimum atomic E-state index is 0.181. The minimum absolute atomic E-state index is 0.181. The first-order valence-corrected chi connectivity index (χ1v) is 9.45. The molecular weight excluding hydrogens is 370 g/mol. The zero-order valence-corrected chi connectivity index (χ0v) is 17.4. The first-order valence-electron chi connectivity index (χ1n) is 9.45. The van der Waals surface area contributed by atoms with Gasteiger partial charge >= 0.3 is 0 Å². The summed E-state index contributed by atoms with van der Waals surface area (Å²) in [5.41, 5.74) is 2.39. The lowest BCUT2D eigenvalue weighted by Gasteiger charge is -2.14. The van der Waals surface area contributed by atoms with E-state index in [-0.39, 0.29) is 11.5 Å². The summed E-state index contributed by atoms with van der Waals surface area (Å²) in [5, 5.41) is 28.8. The number of ether oxygens (including phenoxy) is 2. The van der Waals surface area contributed by atoms with E-state index in [4.69, 9.17) is 14.6 Å². The predicted molar refractivity (Wildman–Crippen MR) is 113 cm³/mol. The second-order valence-corrected chi connectivity index (χ2v) is 5.67. The molecule has 3 rings (SSSR count). The van der Waals surface area contributed by atoms with Crippen molar-refractivity contribution in [2.75, 3.05) is 13.7 Å². The van der Waals surface area contributed by atoms with Crippen molar-refractivity contribution in [1.29, 1.82) is 0 Å². The van der Waals surface area contributed by atoms with Crippen LogP contribution in [0.3, 0.4) is 0 Å². The monoisotopic (exact) mass is 399 g/mol. The lowest BCUT2D eigenvalue weighted by Crippen LogP contribution is -2.00. The molecule has 0 spiro atoms. The quantitative estimate of drug-likeness (QED) is 0.664. The van der Waals surface area contributed by atoms with E-state index in [1.54, 1.807) is 48.8 Å². The highest BCUT2D eigenvalue weighted by Crippen LogP contribution is 2.33. The Balaban J connectivity index is 0.000000238. The van der Waals surface area contributed by atoms with E-state index >= 15 is 0 Å². The fraction of sp³-hybridized carbons (Fsp3) is 0.318. The Hall–Kier alpha value is -3.35. The third-order valence-corrected chi connectivity index (χ3v) is 3.85. The maximum Gasteiger partial charge on any atom is 0.164 e. The van der Waals surface area contributed by atoms with Crippen LogP contribution in [0.1, 0.15) is 31.9 Å². The number of benzene rings is 2. The average Bonchev–Trinajstić information content (AvgIpc) is 2.77. The van der Waals surface area contributed by atoms with Gasteiger partial charge in [0.05, 0.1) is 26.1 Å². The maximum atomic E-state index is 9.65. The summed E-state index contributed by atoms with van der Waals surface area (Å²) in [6.07, 6.45) is 5.02. The molecule has 0 bridgehead atoms. The summed E-state index contributed by atoms with van der Waals surface area (Å²) in [4.78, 5) is 0. The van der Waals surface area contributed by atoms with Gasteiger partial charge < -0.3 is 19.7 Å². The Morgan fingerprint density at radius 3 is 1.93 bits per heavy atom. The number of aromatic nitrogens is 3. The molecule has 29 heavy (non-hydrogen) atoms. The molecule has 0 aliphatic heterocycles. The number of aromatic hydroxyl groups is 2. The first kappa shape index (κ1) is 23.7. The molecule has 0 saturated heterocycles. The number of aryl methyl sites for hydroxylation is 1. The van der Waals surface area contributed by atoms with Gasteiger partial charge in [-0.2, -0.15) is 0 Å². The molecule has 2 N–H and O–H groups in total. The van der Waals surface area contributed by atoms with E-state index in [0.717, 1.165) is 18.4 Å². The number of hydrogen-bond donors (Lipinski definition) is 2. The van der Waals surface area contributed by atoms with Crippen LogP contribution in [0.4, 0.5) is 0 Å². The Labute approximate surface area is 172 Å². The van der Waals surface area contributed by atoms with E-state index in [1.807, 2.05) is 13.0 Å². The van der Waals surface area contributed by atoms with Crippen molar-refractivity contribution in [2.24, 2.45) is 0 Å². The van der Waals surface area contributed by atoms with Crippen LogP contribution >= 0.6 is 0 Å². The van der Waals surface area contributed by atoms with Gasteiger partial charge in [0.1, 0.15) is 0 Å². The Bertz CT molecular complexity index is 803. The van der Waals surface area contributed by atoms with Crippen LogP contribution in [0.2, 0.25) is 0 Å². The topological polar surface area (TPSA) is 97.6 Å². The van der Waals surface area contributed by atoms with Gasteiger partial charge in [-0.25, -0.2) is 0 Å². The van der Waals surface area contributed by atoms with Gasteiger partial charge in [0, 0.05) is 5.56 Å². The molecule has 0 aliphatic carbocycles. The van der Waals surface area contributed by atoms with Crippen molar-refractivity contribution < 1.29 is 19.7 Å². The molecule has 156 valence electrons. The van der Waals surface area contributed by atoms with Crippen molar-refractivity contribution in [3.8, 4) is 23.0 Å². The van der Waals surface area contributed by atoms with Gasteiger partial charge in [-0.15, -0.1) is 10.2 Å². The SMILES string of the molecule is CCOc1c(O)ccc(CC)c1CC.COc1ccccc1O.c1cnnnc1. The highest BCUT2D eigenvalue weighted by atomic mass is 16.5. The summed E-state index contributed by atoms with van der Waals surface area (Å²) in [5.74, 6) is 1.60. The standard InChI is InChI=1S/C12H18O2.C7H8O2.C3H3N3/c1-4-9-7-8-11(13)12(14-6-3)10(9)5-2;1-9-7-5-3-2-4-6(7)8;1-2-4-6-5-3-1/h7-8,13H,4-6H2,1-3H3;2-5,8H,1H3;1-3H. The third kappa shape index (κ3) is 8.04. The largest absolute Gasteiger partial charge is 0.504 e. The zero-order valence-electron chi connectivity index (χ0n) is 17.4. The molecule has 7 nitrogen and oxygen atoms in total. The Kier molecular flexibility index (Phi) is 11.2. The van der Waals surface area contributed by atoms with Crippen LogP contribution in [0, 0.1) is 0 Å². The van der Waals surface area contributed by atoms with Crippen LogP contribution in [0.15, 0.2) is 54.9 Å². The van der Waals surface area contributed by atoms with Gasteiger partial charge in [0.2, 0.25) is 0 Å². The molecule has 1 aromatic heterocycles. The maximum absolute atomic E-state index is 9.65. The van der Waals surface area contributed by atoms with E-state index in [1.165, 1.54) is 12.7 Å². The third-order valence-electron chi connectivity index (χ3n) is 3.85. The normalized spacial score (nSPS) is 9.38. The fourth-order valence-corrected chi connectivity index (χ4v) is 2.52. The summed E-state index contributed by atoms with van der Waals surface area (Å²) >= 11 is 0. The second-order valence-electron chi connectivity index (χ2n) is 5.67. The molecule has 3 aromatic rings. The number of phenols is 2. The summed E-state index contributed by atoms with van der Waals surface area (Å²) < 4.78 is 10.2. The Morgan fingerprint density at radius 1 is 0.828 bits per heavy atom. The molecular formula is C22H29N3O4. The van der Waals surface area contributed by atoms with Gasteiger partial charge in [0.15, 0.2) is 23.0 Å². The number of phenolic OH excluding ortho intramolecular Hbond substituents is 2. The van der Waals surface area contributed by atoms with Crippen molar-refractivity contribution in [1.82, 2.24) is 15.4 Å². The lowest BCUT2D eigenvalue weighted by molar-refractivity contribution is 0.314. The molecule has 0 radical (unpaired) electrons. The van der Waals surface area contributed by atoms with Crippen LogP contribution in [0.25, 0.3) is 0 Å². The molecule has 0 unspecified atom stereocenters. The highest BCUT2D eigenvalue weighted by molar-refractivity contribution is 5.50. The number of methoxy groups -OCH3 is 1. The molecule has 0 amide bonds. The number of rotatable bonds is 5. The van der Waals surface area contributed by atoms with E-state index in [9.17, 15) is 5.11 Å². The zero-order chi connectivity index (χ0) is 21.5. The van der Waals surface area contributed by atoms with Crippen molar-refractivity contribution in [2.45, 2.75) is 33.6 Å². The van der Waals surface area contributed by atoms with Crippen molar-refractivity contribution >= 4 is 0 Å². The number of para-hydroxylation sites is 2. The van der Waals surface area contributed by atoms with Crippen LogP contribution < -0.4 is 9.47 Å². The number of nitrogens with zero attached hydrogens (tertiary/aromatic N) is 3. The van der Waals surface area contributed by atoms with Crippen LogP contribution in [-0.4, -0.2) is 39.3 Å². The van der Waals surface area contributed by atoms with Crippen molar-refractivity contribution in [3.63, 3.8) is 0 Å². The summed E-state index contributed by atoms with van der Waals surface area (Å²) in [7, 11) is 1.52. The first-order chi connectivity index (χ1) is 14.1. The predicted octanol–water partition coefficient (Wildman–Crippen LogP) is 4.19.